The van der Waals surface area contributed by atoms with Gasteiger partial charge in [-0.2, -0.15) is 39.5 Å². The first-order chi connectivity index (χ1) is 22.0. The second-order valence-electron chi connectivity index (χ2n) is 10.8. The summed E-state index contributed by atoms with van der Waals surface area (Å²) in [6.07, 6.45) is -11.2. The number of carbonyl (C=O) groups is 1. The highest BCUT2D eigenvalue weighted by atomic mass is 19.4. The molecular weight excluding hydrogens is 647 g/mol. The Labute approximate surface area is 264 Å². The van der Waals surface area contributed by atoms with Gasteiger partial charge in [0.2, 0.25) is 5.95 Å². The van der Waals surface area contributed by atoms with Crippen LogP contribution in [0.5, 0.6) is 5.75 Å². The number of anilines is 2. The lowest BCUT2D eigenvalue weighted by atomic mass is 9.97. The van der Waals surface area contributed by atoms with E-state index in [9.17, 15) is 44.3 Å². The van der Waals surface area contributed by atoms with Crippen molar-refractivity contribution in [3.05, 3.63) is 76.6 Å². The average Bonchev–Trinajstić information content (AvgIpc) is 3.00. The number of carbonyl (C=O) groups excluding carboxylic acids is 1. The summed E-state index contributed by atoms with van der Waals surface area (Å²) in [7, 11) is 0. The van der Waals surface area contributed by atoms with E-state index in [2.05, 4.69) is 9.97 Å². The molecule has 1 aliphatic heterocycles. The Kier molecular flexibility index (Phi) is 10.8. The van der Waals surface area contributed by atoms with Gasteiger partial charge >= 0.3 is 24.5 Å². The molecule has 3 aromatic rings. The lowest BCUT2D eigenvalue weighted by molar-refractivity contribution is -0.148. The molecule has 0 spiro atoms. The van der Waals surface area contributed by atoms with Crippen LogP contribution < -0.4 is 14.5 Å². The van der Waals surface area contributed by atoms with Gasteiger partial charge in [-0.1, -0.05) is 0 Å². The zero-order chi connectivity index (χ0) is 34.6. The van der Waals surface area contributed by atoms with Crippen molar-refractivity contribution in [1.29, 1.82) is 0 Å². The molecule has 47 heavy (non-hydrogen) atoms. The van der Waals surface area contributed by atoms with Crippen LogP contribution in [0.4, 0.5) is 51.1 Å². The van der Waals surface area contributed by atoms with Crippen molar-refractivity contribution in [2.45, 2.75) is 58.3 Å². The largest absolute Gasteiger partial charge is 0.494 e. The number of nitrogens with zero attached hydrogens (tertiary/aromatic N) is 4. The normalized spacial score (nSPS) is 14.7. The van der Waals surface area contributed by atoms with Crippen LogP contribution in [0.2, 0.25) is 0 Å². The summed E-state index contributed by atoms with van der Waals surface area (Å²) < 4.78 is 133. The summed E-state index contributed by atoms with van der Waals surface area (Å²) in [4.78, 5) is 23.7. The van der Waals surface area contributed by atoms with Gasteiger partial charge in [-0.05, 0) is 68.7 Å². The summed E-state index contributed by atoms with van der Waals surface area (Å²) >= 11 is 0. The Morgan fingerprint density at radius 3 is 1.89 bits per heavy atom. The summed E-state index contributed by atoms with van der Waals surface area (Å²) in [5, 5.41) is 0. The maximum atomic E-state index is 13.6. The van der Waals surface area contributed by atoms with Crippen LogP contribution in [0, 0.1) is 5.92 Å². The summed E-state index contributed by atoms with van der Waals surface area (Å²) in [5.41, 5.74) is -4.05. The van der Waals surface area contributed by atoms with Gasteiger partial charge in [-0.15, -0.1) is 0 Å². The van der Waals surface area contributed by atoms with E-state index in [1.807, 2.05) is 4.90 Å². The Hall–Kier alpha value is -4.24. The van der Waals surface area contributed by atoms with E-state index in [0.717, 1.165) is 18.2 Å². The third-order valence-electron chi connectivity index (χ3n) is 7.46. The first kappa shape index (κ1) is 35.6. The van der Waals surface area contributed by atoms with Crippen molar-refractivity contribution in [1.82, 2.24) is 9.97 Å². The minimum absolute atomic E-state index is 0.00967. The van der Waals surface area contributed by atoms with Crippen molar-refractivity contribution < 1.29 is 53.8 Å². The van der Waals surface area contributed by atoms with Crippen molar-refractivity contribution in [3.63, 3.8) is 0 Å². The number of piperidine rings is 1. The molecular formula is C31H31F9N4O3. The molecule has 7 nitrogen and oxygen atoms in total. The summed E-state index contributed by atoms with van der Waals surface area (Å²) in [6, 6.07) is 3.77. The molecule has 256 valence electrons. The molecule has 0 unspecified atom stereocenters. The fourth-order valence-corrected chi connectivity index (χ4v) is 5.18. The van der Waals surface area contributed by atoms with Crippen molar-refractivity contribution in [2.75, 3.05) is 36.1 Å². The van der Waals surface area contributed by atoms with Gasteiger partial charge < -0.3 is 19.3 Å². The molecule has 16 heteroatoms. The fourth-order valence-electron chi connectivity index (χ4n) is 5.18. The highest BCUT2D eigenvalue weighted by Crippen LogP contribution is 2.38. The van der Waals surface area contributed by atoms with Crippen molar-refractivity contribution >= 4 is 17.6 Å². The molecule has 0 radical (unpaired) electrons. The van der Waals surface area contributed by atoms with Crippen LogP contribution in [0.1, 0.15) is 54.5 Å². The molecule has 0 saturated carbocycles. The molecule has 4 rings (SSSR count). The zero-order valence-electron chi connectivity index (χ0n) is 25.3. The van der Waals surface area contributed by atoms with E-state index >= 15 is 0 Å². The van der Waals surface area contributed by atoms with Gasteiger partial charge in [0.15, 0.2) is 0 Å². The molecule has 1 fully saturated rings. The van der Waals surface area contributed by atoms with Crippen LogP contribution in [0.3, 0.4) is 0 Å². The number of benzene rings is 2. The number of aromatic nitrogens is 2. The van der Waals surface area contributed by atoms with Crippen molar-refractivity contribution in [3.8, 4) is 5.75 Å². The van der Waals surface area contributed by atoms with Crippen LogP contribution >= 0.6 is 0 Å². The Balaban J connectivity index is 1.71. The molecule has 2 aromatic carbocycles. The number of rotatable bonds is 10. The number of halogens is 9. The van der Waals surface area contributed by atoms with E-state index in [4.69, 9.17) is 9.47 Å². The molecule has 0 aliphatic carbocycles. The maximum absolute atomic E-state index is 13.6. The highest BCUT2D eigenvalue weighted by Gasteiger charge is 2.37. The molecule has 1 aromatic heterocycles. The van der Waals surface area contributed by atoms with Gasteiger partial charge in [0.25, 0.3) is 0 Å². The Morgan fingerprint density at radius 1 is 0.809 bits per heavy atom. The average molecular weight is 679 g/mol. The van der Waals surface area contributed by atoms with Gasteiger partial charge in [-0.3, -0.25) is 4.79 Å². The SMILES string of the molecule is CCOC(=O)C1CCN(c2cnc(N(Cc3cc(C(F)(F)F)cc(C(F)(F)F)c3)Cc3cc(C(F)(F)F)ccc3OCC)nc2)CC1. The van der Waals surface area contributed by atoms with E-state index in [1.165, 1.54) is 17.3 Å². The van der Waals surface area contributed by atoms with Crippen LogP contribution in [0.25, 0.3) is 0 Å². The standard InChI is InChI=1S/C31H31F9N4O3/c1-3-46-26-6-5-22(29(32,33)34)13-21(26)18-44(17-19-11-23(30(35,36)37)14-24(12-19)31(38,39)40)28-41-15-25(16-42-28)43-9-7-20(8-10-43)27(45)47-4-2/h5-6,11-16,20H,3-4,7-10,17-18H2,1-2H3. The second-order valence-corrected chi connectivity index (χ2v) is 10.8. The van der Waals surface area contributed by atoms with E-state index in [0.29, 0.717) is 43.8 Å². The minimum Gasteiger partial charge on any atom is -0.494 e. The lowest BCUT2D eigenvalue weighted by Crippen LogP contribution is -2.37. The highest BCUT2D eigenvalue weighted by molar-refractivity contribution is 5.72. The monoisotopic (exact) mass is 678 g/mol. The first-order valence-electron chi connectivity index (χ1n) is 14.6. The smallest absolute Gasteiger partial charge is 0.416 e. The topological polar surface area (TPSA) is 67.8 Å². The summed E-state index contributed by atoms with van der Waals surface area (Å²) in [6.45, 7) is 3.47. The number of esters is 1. The lowest BCUT2D eigenvalue weighted by Gasteiger charge is -2.32. The quantitative estimate of drug-likeness (QED) is 0.160. The third kappa shape index (κ3) is 9.19. The van der Waals surface area contributed by atoms with E-state index in [1.54, 1.807) is 13.8 Å². The van der Waals surface area contributed by atoms with Crippen molar-refractivity contribution in [2.24, 2.45) is 5.92 Å². The predicted octanol–water partition coefficient (Wildman–Crippen LogP) is 7.92. The van der Waals surface area contributed by atoms with E-state index in [-0.39, 0.29) is 48.4 Å². The first-order valence-corrected chi connectivity index (χ1v) is 14.6. The third-order valence-corrected chi connectivity index (χ3v) is 7.46. The van der Waals surface area contributed by atoms with Crippen LogP contribution in [-0.2, 0) is 41.1 Å². The fraction of sp³-hybridized carbons (Fsp3) is 0.452. The van der Waals surface area contributed by atoms with Gasteiger partial charge in [0.05, 0.1) is 53.9 Å². The summed E-state index contributed by atoms with van der Waals surface area (Å²) in [5.74, 6) is -0.700. The molecule has 1 aliphatic rings. The Morgan fingerprint density at radius 2 is 1.38 bits per heavy atom. The number of hydrogen-bond acceptors (Lipinski definition) is 7. The second kappa shape index (κ2) is 14.3. The van der Waals surface area contributed by atoms with Crippen LogP contribution in [0.15, 0.2) is 48.8 Å². The molecule has 0 bridgehead atoms. The molecule has 2 heterocycles. The molecule has 1 saturated heterocycles. The van der Waals surface area contributed by atoms with Gasteiger partial charge in [-0.25, -0.2) is 9.97 Å². The number of ether oxygens (including phenoxy) is 2. The van der Waals surface area contributed by atoms with Gasteiger partial charge in [0, 0.05) is 31.7 Å². The Bertz CT molecular complexity index is 1490. The van der Waals surface area contributed by atoms with Crippen LogP contribution in [-0.4, -0.2) is 42.2 Å². The van der Waals surface area contributed by atoms with Gasteiger partial charge in [0.1, 0.15) is 5.75 Å². The molecule has 0 amide bonds. The number of alkyl halides is 9. The predicted molar refractivity (Wildman–Crippen MR) is 153 cm³/mol. The molecule has 0 atom stereocenters. The zero-order valence-corrected chi connectivity index (χ0v) is 25.3. The minimum atomic E-state index is -5.11. The maximum Gasteiger partial charge on any atom is 0.416 e. The van der Waals surface area contributed by atoms with E-state index < -0.39 is 53.9 Å². The molecule has 0 N–H and O–H groups in total. The number of hydrogen-bond donors (Lipinski definition) is 0.